The summed E-state index contributed by atoms with van der Waals surface area (Å²) in [5.41, 5.74) is 0. The summed E-state index contributed by atoms with van der Waals surface area (Å²) in [6, 6.07) is 0. The van der Waals surface area contributed by atoms with E-state index in [2.05, 4.69) is 13.8 Å². The van der Waals surface area contributed by atoms with Crippen molar-refractivity contribution < 1.29 is 19.5 Å². The normalized spacial score (nSPS) is 12.4. The predicted octanol–water partition coefficient (Wildman–Crippen LogP) is 12.5. The fourth-order valence-electron chi connectivity index (χ4n) is 7.58. The van der Waals surface area contributed by atoms with Crippen LogP contribution in [0.5, 0.6) is 0 Å². The Balaban J connectivity index is 4.16. The molecule has 0 aromatic rings. The van der Waals surface area contributed by atoms with E-state index in [0.29, 0.717) is 32.6 Å². The third-order valence-corrected chi connectivity index (χ3v) is 11.0. The number of hydrogen-bond donors (Lipinski definition) is 2. The minimum atomic E-state index is -0.592. The number of unbranched alkanes of at least 4 members (excludes halogenated alkanes) is 30. The van der Waals surface area contributed by atoms with Crippen LogP contribution in [0.15, 0.2) is 0 Å². The number of hydroxylamine groups is 6. The summed E-state index contributed by atoms with van der Waals surface area (Å²) in [5.74, 6) is 0. The van der Waals surface area contributed by atoms with Gasteiger partial charge in [-0.3, -0.25) is 0 Å². The second-order valence-electron chi connectivity index (χ2n) is 15.9. The molecule has 6 heteroatoms. The Hall–Kier alpha value is -0.240. The Morgan fingerprint density at radius 1 is 0.265 bits per heavy atom. The lowest BCUT2D eigenvalue weighted by Crippen LogP contribution is -2.50. The fraction of sp³-hybridized carbons (Fsp3) is 1.00. The average molecular weight is 699 g/mol. The highest BCUT2D eigenvalue weighted by molar-refractivity contribution is 4.55. The first-order valence-corrected chi connectivity index (χ1v) is 22.3. The van der Waals surface area contributed by atoms with Crippen molar-refractivity contribution in [3.63, 3.8) is 0 Å². The molecule has 0 atom stereocenters. The van der Waals surface area contributed by atoms with Gasteiger partial charge >= 0.3 is 0 Å². The van der Waals surface area contributed by atoms with Gasteiger partial charge < -0.3 is 29.9 Å². The molecule has 0 aliphatic heterocycles. The molecule has 0 aromatic carbocycles. The van der Waals surface area contributed by atoms with Gasteiger partial charge in [0.05, 0.1) is 39.4 Å². The van der Waals surface area contributed by atoms with Gasteiger partial charge in [-0.2, -0.15) is 0 Å². The van der Waals surface area contributed by atoms with Crippen LogP contribution in [0.3, 0.4) is 0 Å². The molecule has 296 valence electrons. The van der Waals surface area contributed by atoms with Crippen LogP contribution in [-0.4, -0.2) is 72.0 Å². The Bertz CT molecular complexity index is 593. The molecule has 0 aliphatic rings. The lowest BCUT2D eigenvalue weighted by molar-refractivity contribution is -0.900. The second-order valence-corrected chi connectivity index (χ2v) is 15.9. The minimum Gasteiger partial charge on any atom is -0.633 e. The molecule has 49 heavy (non-hydrogen) atoms. The van der Waals surface area contributed by atoms with Gasteiger partial charge in [-0.15, -0.1) is 0 Å². The molecule has 0 amide bonds. The van der Waals surface area contributed by atoms with Crippen LogP contribution >= 0.6 is 0 Å². The van der Waals surface area contributed by atoms with E-state index in [1.165, 1.54) is 180 Å². The van der Waals surface area contributed by atoms with Crippen LogP contribution in [-0.2, 0) is 0 Å². The SMILES string of the molecule is CCCCCCCCCCCCCCCCCC[N+]([O-])(CCCCCCCCCCCCCCCCCC)CCC[N+]([O-])(CCO)CCO. The maximum atomic E-state index is 13.9. The van der Waals surface area contributed by atoms with Gasteiger partial charge in [0.15, 0.2) is 0 Å². The summed E-state index contributed by atoms with van der Waals surface area (Å²) < 4.78 is -0.763. The Labute approximate surface area is 307 Å². The molecule has 6 nitrogen and oxygen atoms in total. The van der Waals surface area contributed by atoms with Crippen molar-refractivity contribution in [2.24, 2.45) is 0 Å². The topological polar surface area (TPSA) is 86.6 Å². The standard InChI is InChI=1S/C43H90N2O4/c1-3-5-7-9-11-13-15-17-19-21-23-25-27-29-31-33-36-44(48,38-35-39-45(49,40-42-46)41-43-47)37-34-32-30-28-26-24-22-20-18-16-14-12-10-8-6-4-2/h46-47H,3-43H2,1-2H3. The zero-order chi connectivity index (χ0) is 36.0. The zero-order valence-electron chi connectivity index (χ0n) is 33.6. The molecule has 2 N–H and O–H groups in total. The van der Waals surface area contributed by atoms with Crippen LogP contribution in [0.25, 0.3) is 0 Å². The number of quaternary nitrogens is 2. The fourth-order valence-corrected chi connectivity index (χ4v) is 7.58. The highest BCUT2D eigenvalue weighted by atomic mass is 16.6. The molecule has 0 aliphatic carbocycles. The molecule has 0 heterocycles. The number of hydrogen-bond acceptors (Lipinski definition) is 4. The smallest absolute Gasteiger partial charge is 0.102 e. The van der Waals surface area contributed by atoms with Gasteiger partial charge in [0, 0.05) is 6.42 Å². The number of nitrogens with zero attached hydrogens (tertiary/aromatic N) is 2. The largest absolute Gasteiger partial charge is 0.633 e. The number of aliphatic hydroxyl groups excluding tert-OH is 2. The van der Waals surface area contributed by atoms with Crippen LogP contribution in [0, 0.1) is 10.4 Å². The van der Waals surface area contributed by atoms with Gasteiger partial charge in [0.2, 0.25) is 0 Å². The van der Waals surface area contributed by atoms with Crippen LogP contribution < -0.4 is 0 Å². The van der Waals surface area contributed by atoms with Gasteiger partial charge in [0.1, 0.15) is 13.1 Å². The highest BCUT2D eigenvalue weighted by Crippen LogP contribution is 2.19. The Kier molecular flexibility index (Phi) is 37.3. The zero-order valence-corrected chi connectivity index (χ0v) is 33.6. The van der Waals surface area contributed by atoms with Crippen molar-refractivity contribution in [3.05, 3.63) is 10.4 Å². The lowest BCUT2D eigenvalue weighted by atomic mass is 10.0. The third kappa shape index (κ3) is 34.6. The lowest BCUT2D eigenvalue weighted by Gasteiger charge is -2.46. The van der Waals surface area contributed by atoms with Gasteiger partial charge in [-0.25, -0.2) is 0 Å². The van der Waals surface area contributed by atoms with E-state index in [4.69, 9.17) is 0 Å². The van der Waals surface area contributed by atoms with Crippen LogP contribution in [0.1, 0.15) is 226 Å². The van der Waals surface area contributed by atoms with Crippen LogP contribution in [0.2, 0.25) is 0 Å². The van der Waals surface area contributed by atoms with Gasteiger partial charge in [-0.05, 0) is 25.7 Å². The quantitative estimate of drug-likeness (QED) is 0.0377. The number of rotatable bonds is 42. The van der Waals surface area contributed by atoms with E-state index in [1.54, 1.807) is 0 Å². The molecule has 0 spiro atoms. The average Bonchev–Trinajstić information content (AvgIpc) is 3.08. The van der Waals surface area contributed by atoms with Gasteiger partial charge in [0.25, 0.3) is 0 Å². The molecule has 0 fully saturated rings. The maximum absolute atomic E-state index is 13.9. The van der Waals surface area contributed by atoms with E-state index in [0.717, 1.165) is 25.7 Å². The summed E-state index contributed by atoms with van der Waals surface area (Å²) in [6.07, 6.45) is 43.2. The van der Waals surface area contributed by atoms with E-state index in [9.17, 15) is 20.6 Å². The van der Waals surface area contributed by atoms with Crippen LogP contribution in [0.4, 0.5) is 0 Å². The third-order valence-electron chi connectivity index (χ3n) is 11.0. The molecule has 0 saturated heterocycles. The number of aliphatic hydroxyl groups is 2. The monoisotopic (exact) mass is 699 g/mol. The minimum absolute atomic E-state index is 0.0949. The molecule has 0 aromatic heterocycles. The van der Waals surface area contributed by atoms with E-state index in [-0.39, 0.29) is 30.9 Å². The molecular weight excluding hydrogens is 608 g/mol. The summed E-state index contributed by atoms with van der Waals surface area (Å²) in [7, 11) is 0. The molecule has 0 bridgehead atoms. The summed E-state index contributed by atoms with van der Waals surface area (Å²) >= 11 is 0. The molecule has 0 saturated carbocycles. The molecule has 0 unspecified atom stereocenters. The summed E-state index contributed by atoms with van der Waals surface area (Å²) in [6.45, 7) is 6.51. The predicted molar refractivity (Wildman–Crippen MR) is 214 cm³/mol. The van der Waals surface area contributed by atoms with Crippen molar-refractivity contribution in [1.82, 2.24) is 0 Å². The maximum Gasteiger partial charge on any atom is 0.102 e. The summed E-state index contributed by atoms with van der Waals surface area (Å²) in [5, 5.41) is 45.5. The summed E-state index contributed by atoms with van der Waals surface area (Å²) in [4.78, 5) is 0. The first-order chi connectivity index (χ1) is 23.9. The second kappa shape index (κ2) is 37.5. The molecular formula is C43H90N2O4. The van der Waals surface area contributed by atoms with E-state index < -0.39 is 4.65 Å². The van der Waals surface area contributed by atoms with Gasteiger partial charge in [-0.1, -0.05) is 194 Å². The highest BCUT2D eigenvalue weighted by Gasteiger charge is 2.21. The van der Waals surface area contributed by atoms with Crippen molar-refractivity contribution in [3.8, 4) is 0 Å². The molecule has 0 radical (unpaired) electrons. The first kappa shape index (κ1) is 48.8. The Morgan fingerprint density at radius 3 is 0.673 bits per heavy atom. The van der Waals surface area contributed by atoms with E-state index in [1.807, 2.05) is 0 Å². The first-order valence-electron chi connectivity index (χ1n) is 22.3. The van der Waals surface area contributed by atoms with Crippen molar-refractivity contribution >= 4 is 0 Å². The van der Waals surface area contributed by atoms with Crippen molar-refractivity contribution in [2.75, 3.05) is 52.5 Å². The van der Waals surface area contributed by atoms with Crippen molar-refractivity contribution in [2.45, 2.75) is 226 Å². The molecule has 0 rings (SSSR count). The van der Waals surface area contributed by atoms with Crippen molar-refractivity contribution in [1.29, 1.82) is 0 Å². The van der Waals surface area contributed by atoms with E-state index >= 15 is 0 Å². The Morgan fingerprint density at radius 2 is 0.449 bits per heavy atom.